The maximum absolute atomic E-state index is 4.44. The number of anilines is 1. The van der Waals surface area contributed by atoms with Crippen LogP contribution in [0.1, 0.15) is 32.6 Å². The number of aromatic nitrogens is 1. The molecule has 0 amide bonds. The van der Waals surface area contributed by atoms with E-state index in [1.807, 2.05) is 6.20 Å². The van der Waals surface area contributed by atoms with Gasteiger partial charge in [-0.2, -0.15) is 0 Å². The highest BCUT2D eigenvalue weighted by atomic mass is 32.1. The van der Waals surface area contributed by atoms with Gasteiger partial charge in [-0.3, -0.25) is 0 Å². The molecule has 0 saturated heterocycles. The lowest BCUT2D eigenvalue weighted by Crippen LogP contribution is -2.22. The summed E-state index contributed by atoms with van der Waals surface area (Å²) in [7, 11) is 0. The summed E-state index contributed by atoms with van der Waals surface area (Å²) in [5.41, 5.74) is 0. The summed E-state index contributed by atoms with van der Waals surface area (Å²) < 4.78 is 0. The Balaban J connectivity index is 2.50. The highest BCUT2D eigenvalue weighted by Crippen LogP contribution is 2.22. The molecule has 0 aliphatic carbocycles. The normalized spacial score (nSPS) is 11.6. The van der Waals surface area contributed by atoms with E-state index in [4.69, 9.17) is 0 Å². The summed E-state index contributed by atoms with van der Waals surface area (Å²) in [6.45, 7) is 11.6. The highest BCUT2D eigenvalue weighted by molar-refractivity contribution is 7.16. The molecule has 96 valence electrons. The quantitative estimate of drug-likeness (QED) is 0.809. The maximum atomic E-state index is 4.44. The van der Waals surface area contributed by atoms with Gasteiger partial charge in [-0.1, -0.05) is 31.3 Å². The minimum absolute atomic E-state index is 0.535. The van der Waals surface area contributed by atoms with Gasteiger partial charge in [0, 0.05) is 36.8 Å². The van der Waals surface area contributed by atoms with Crippen LogP contribution in [0.2, 0.25) is 0 Å². The van der Waals surface area contributed by atoms with Crippen LogP contribution in [0.5, 0.6) is 0 Å². The van der Waals surface area contributed by atoms with Crippen LogP contribution >= 0.6 is 11.3 Å². The van der Waals surface area contributed by atoms with E-state index in [-0.39, 0.29) is 0 Å². The van der Waals surface area contributed by atoms with Crippen LogP contribution in [-0.2, 0) is 0 Å². The van der Waals surface area contributed by atoms with Crippen LogP contribution < -0.4 is 10.2 Å². The standard InChI is InChI=1S/C13H23N3S/c1-5-16(6-2)13-15-10-12(17-13)8-7-9-14-11(3)4/h7-8,10-11,14H,5-6,9H2,1-4H3. The van der Waals surface area contributed by atoms with Crippen LogP contribution in [0, 0.1) is 0 Å². The molecule has 4 heteroatoms. The largest absolute Gasteiger partial charge is 0.349 e. The van der Waals surface area contributed by atoms with E-state index < -0.39 is 0 Å². The van der Waals surface area contributed by atoms with Crippen molar-refractivity contribution < 1.29 is 0 Å². The van der Waals surface area contributed by atoms with Crippen molar-refractivity contribution in [3.8, 4) is 0 Å². The summed E-state index contributed by atoms with van der Waals surface area (Å²) in [4.78, 5) is 7.94. The van der Waals surface area contributed by atoms with Crippen molar-refractivity contribution >= 4 is 22.5 Å². The SMILES string of the molecule is CCN(CC)c1ncc(C=CCNC(C)C)s1. The number of hydrogen-bond acceptors (Lipinski definition) is 4. The molecule has 0 radical (unpaired) electrons. The van der Waals surface area contributed by atoms with Gasteiger partial charge in [-0.05, 0) is 19.9 Å². The molecule has 0 aliphatic heterocycles. The van der Waals surface area contributed by atoms with Gasteiger partial charge in [0.05, 0.1) is 0 Å². The lowest BCUT2D eigenvalue weighted by atomic mass is 10.4. The van der Waals surface area contributed by atoms with E-state index in [0.717, 1.165) is 24.8 Å². The number of hydrogen-bond donors (Lipinski definition) is 1. The van der Waals surface area contributed by atoms with Crippen LogP contribution in [-0.4, -0.2) is 30.7 Å². The van der Waals surface area contributed by atoms with Crippen molar-refractivity contribution in [2.24, 2.45) is 0 Å². The van der Waals surface area contributed by atoms with Gasteiger partial charge in [0.25, 0.3) is 0 Å². The van der Waals surface area contributed by atoms with Gasteiger partial charge in [0.1, 0.15) is 0 Å². The molecular weight excluding hydrogens is 230 g/mol. The van der Waals surface area contributed by atoms with Gasteiger partial charge < -0.3 is 10.2 Å². The third-order valence-corrected chi connectivity index (χ3v) is 3.49. The lowest BCUT2D eigenvalue weighted by Gasteiger charge is -2.16. The van der Waals surface area contributed by atoms with Gasteiger partial charge in [0.2, 0.25) is 0 Å². The zero-order valence-electron chi connectivity index (χ0n) is 11.2. The summed E-state index contributed by atoms with van der Waals surface area (Å²) >= 11 is 1.75. The number of rotatable bonds is 7. The Labute approximate surface area is 109 Å². The fourth-order valence-electron chi connectivity index (χ4n) is 1.47. The van der Waals surface area contributed by atoms with Crippen molar-refractivity contribution in [3.63, 3.8) is 0 Å². The first-order valence-corrected chi connectivity index (χ1v) is 7.09. The Morgan fingerprint density at radius 3 is 2.71 bits per heavy atom. The molecule has 0 aliphatic rings. The Kier molecular flexibility index (Phi) is 6.22. The average Bonchev–Trinajstić information content (AvgIpc) is 2.75. The van der Waals surface area contributed by atoms with Crippen LogP contribution in [0.25, 0.3) is 6.08 Å². The predicted octanol–water partition coefficient (Wildman–Crippen LogP) is 3.00. The van der Waals surface area contributed by atoms with E-state index in [2.05, 4.69) is 55.0 Å². The number of thiazole rings is 1. The van der Waals surface area contributed by atoms with E-state index in [9.17, 15) is 0 Å². The molecule has 0 fully saturated rings. The molecule has 17 heavy (non-hydrogen) atoms. The summed E-state index contributed by atoms with van der Waals surface area (Å²) in [6, 6.07) is 0.535. The van der Waals surface area contributed by atoms with E-state index >= 15 is 0 Å². The van der Waals surface area contributed by atoms with Crippen molar-refractivity contribution in [2.75, 3.05) is 24.5 Å². The minimum Gasteiger partial charge on any atom is -0.349 e. The van der Waals surface area contributed by atoms with Crippen molar-refractivity contribution in [3.05, 3.63) is 17.2 Å². The topological polar surface area (TPSA) is 28.2 Å². The Bertz CT molecular complexity index is 340. The van der Waals surface area contributed by atoms with Crippen LogP contribution in [0.3, 0.4) is 0 Å². The lowest BCUT2D eigenvalue weighted by molar-refractivity contribution is 0.633. The third kappa shape index (κ3) is 4.88. The molecule has 1 heterocycles. The first-order chi connectivity index (χ1) is 8.17. The van der Waals surface area contributed by atoms with Crippen molar-refractivity contribution in [2.45, 2.75) is 33.7 Å². The molecular formula is C13H23N3S. The van der Waals surface area contributed by atoms with Gasteiger partial charge >= 0.3 is 0 Å². The molecule has 1 rings (SSSR count). The van der Waals surface area contributed by atoms with Crippen LogP contribution in [0.4, 0.5) is 5.13 Å². The molecule has 1 N–H and O–H groups in total. The highest BCUT2D eigenvalue weighted by Gasteiger charge is 2.05. The second-order valence-corrected chi connectivity index (χ2v) is 5.22. The second kappa shape index (κ2) is 7.45. The molecule has 0 bridgehead atoms. The number of nitrogens with one attached hydrogen (secondary N) is 1. The monoisotopic (exact) mass is 253 g/mol. The predicted molar refractivity (Wildman–Crippen MR) is 77.8 cm³/mol. The summed E-state index contributed by atoms with van der Waals surface area (Å²) in [6.07, 6.45) is 6.24. The van der Waals surface area contributed by atoms with Crippen LogP contribution in [0.15, 0.2) is 12.3 Å². The Morgan fingerprint density at radius 1 is 1.41 bits per heavy atom. The van der Waals surface area contributed by atoms with E-state index in [1.165, 1.54) is 4.88 Å². The second-order valence-electron chi connectivity index (χ2n) is 4.18. The smallest absolute Gasteiger partial charge is 0.185 e. The third-order valence-electron chi connectivity index (χ3n) is 2.47. The fourth-order valence-corrected chi connectivity index (χ4v) is 2.45. The molecule has 0 unspecified atom stereocenters. The van der Waals surface area contributed by atoms with Crippen molar-refractivity contribution in [1.29, 1.82) is 0 Å². The molecule has 1 aromatic rings. The van der Waals surface area contributed by atoms with Gasteiger partial charge in [-0.25, -0.2) is 4.98 Å². The Morgan fingerprint density at radius 2 is 2.12 bits per heavy atom. The molecule has 0 saturated carbocycles. The Hall–Kier alpha value is -0.870. The van der Waals surface area contributed by atoms with Gasteiger partial charge in [-0.15, -0.1) is 0 Å². The first kappa shape index (κ1) is 14.2. The van der Waals surface area contributed by atoms with Gasteiger partial charge in [0.15, 0.2) is 5.13 Å². The molecule has 0 atom stereocenters. The molecule has 1 aromatic heterocycles. The summed E-state index contributed by atoms with van der Waals surface area (Å²) in [5, 5.41) is 4.47. The maximum Gasteiger partial charge on any atom is 0.185 e. The zero-order valence-corrected chi connectivity index (χ0v) is 12.0. The number of nitrogens with zero attached hydrogens (tertiary/aromatic N) is 2. The fraction of sp³-hybridized carbons (Fsp3) is 0.615. The van der Waals surface area contributed by atoms with E-state index in [1.54, 1.807) is 11.3 Å². The molecule has 3 nitrogen and oxygen atoms in total. The van der Waals surface area contributed by atoms with Crippen molar-refractivity contribution in [1.82, 2.24) is 10.3 Å². The first-order valence-electron chi connectivity index (χ1n) is 6.28. The molecule has 0 aromatic carbocycles. The summed E-state index contributed by atoms with van der Waals surface area (Å²) in [5.74, 6) is 0. The average molecular weight is 253 g/mol. The molecule has 0 spiro atoms. The zero-order chi connectivity index (χ0) is 12.7. The van der Waals surface area contributed by atoms with E-state index in [0.29, 0.717) is 6.04 Å². The minimum atomic E-state index is 0.535.